The van der Waals surface area contributed by atoms with Crippen molar-refractivity contribution in [2.75, 3.05) is 26.1 Å². The predicted octanol–water partition coefficient (Wildman–Crippen LogP) is 3.78. The molecule has 1 aliphatic rings. The molecule has 2 N–H and O–H groups in total. The summed E-state index contributed by atoms with van der Waals surface area (Å²) in [6, 6.07) is 13.3. The van der Waals surface area contributed by atoms with Crippen LogP contribution < -0.4 is 19.5 Å². The van der Waals surface area contributed by atoms with Gasteiger partial charge in [0.2, 0.25) is 9.84 Å². The van der Waals surface area contributed by atoms with Crippen LogP contribution >= 0.6 is 11.6 Å². The zero-order valence-corrected chi connectivity index (χ0v) is 20.2. The summed E-state index contributed by atoms with van der Waals surface area (Å²) in [7, 11) is -1.47. The van der Waals surface area contributed by atoms with E-state index in [0.717, 1.165) is 0 Å². The quantitative estimate of drug-likeness (QED) is 0.504. The van der Waals surface area contributed by atoms with E-state index in [1.54, 1.807) is 31.2 Å². The van der Waals surface area contributed by atoms with E-state index in [1.165, 1.54) is 44.6 Å². The number of hydrogen-bond donors (Lipinski definition) is 2. The van der Waals surface area contributed by atoms with Gasteiger partial charge in [-0.15, -0.1) is 0 Å². The SMILES string of the molecule is CCOc1ccccc1C1(O)C(=O)Nc2c1cc(Cl)cc2S(=O)(=O)c1ccc(OC)cc1OC. The molecule has 4 rings (SSSR count). The Bertz CT molecular complexity index is 1390. The Balaban J connectivity index is 1.96. The van der Waals surface area contributed by atoms with Crippen molar-refractivity contribution in [2.45, 2.75) is 22.3 Å². The molecular weight excluding hydrogens is 482 g/mol. The van der Waals surface area contributed by atoms with E-state index in [9.17, 15) is 18.3 Å². The maximum Gasteiger partial charge on any atom is 0.266 e. The van der Waals surface area contributed by atoms with Crippen LogP contribution in [0, 0.1) is 0 Å². The maximum absolute atomic E-state index is 13.7. The Hall–Kier alpha value is -3.27. The van der Waals surface area contributed by atoms with Gasteiger partial charge >= 0.3 is 0 Å². The van der Waals surface area contributed by atoms with Crippen LogP contribution in [0.4, 0.5) is 5.69 Å². The summed E-state index contributed by atoms with van der Waals surface area (Å²) in [6.45, 7) is 2.07. The molecule has 0 saturated heterocycles. The van der Waals surface area contributed by atoms with Gasteiger partial charge in [0, 0.05) is 22.2 Å². The number of para-hydroxylation sites is 1. The summed E-state index contributed by atoms with van der Waals surface area (Å²) in [6.07, 6.45) is 0. The molecule has 34 heavy (non-hydrogen) atoms. The average molecular weight is 504 g/mol. The first kappa shape index (κ1) is 23.9. The minimum atomic E-state index is -4.25. The van der Waals surface area contributed by atoms with Gasteiger partial charge in [-0.2, -0.15) is 0 Å². The van der Waals surface area contributed by atoms with E-state index in [1.807, 2.05) is 0 Å². The topological polar surface area (TPSA) is 111 Å². The molecule has 0 aromatic heterocycles. The molecule has 3 aromatic carbocycles. The van der Waals surface area contributed by atoms with Crippen LogP contribution in [0.3, 0.4) is 0 Å². The van der Waals surface area contributed by atoms with Crippen molar-refractivity contribution in [1.29, 1.82) is 0 Å². The molecule has 0 radical (unpaired) electrons. The highest BCUT2D eigenvalue weighted by Crippen LogP contribution is 2.49. The second-order valence-electron chi connectivity index (χ2n) is 7.44. The highest BCUT2D eigenvalue weighted by molar-refractivity contribution is 7.91. The lowest BCUT2D eigenvalue weighted by Crippen LogP contribution is -2.35. The molecule has 178 valence electrons. The Kier molecular flexibility index (Phi) is 6.20. The smallest absolute Gasteiger partial charge is 0.266 e. The molecule has 10 heteroatoms. The number of nitrogens with one attached hydrogen (secondary N) is 1. The third kappa shape index (κ3) is 3.66. The van der Waals surface area contributed by atoms with E-state index in [2.05, 4.69) is 5.32 Å². The van der Waals surface area contributed by atoms with Crippen molar-refractivity contribution in [3.8, 4) is 17.2 Å². The van der Waals surface area contributed by atoms with Gasteiger partial charge in [0.25, 0.3) is 5.91 Å². The largest absolute Gasteiger partial charge is 0.497 e. The molecule has 1 unspecified atom stereocenters. The summed E-state index contributed by atoms with van der Waals surface area (Å²) >= 11 is 6.31. The van der Waals surface area contributed by atoms with Gasteiger partial charge in [-0.25, -0.2) is 8.42 Å². The van der Waals surface area contributed by atoms with Crippen LogP contribution in [-0.2, 0) is 20.2 Å². The van der Waals surface area contributed by atoms with E-state index in [0.29, 0.717) is 12.4 Å². The lowest BCUT2D eigenvalue weighted by atomic mass is 9.87. The first-order valence-corrected chi connectivity index (χ1v) is 12.1. The van der Waals surface area contributed by atoms with Gasteiger partial charge in [-0.1, -0.05) is 29.8 Å². The molecule has 1 aliphatic heterocycles. The summed E-state index contributed by atoms with van der Waals surface area (Å²) in [5.74, 6) is -0.0801. The minimum absolute atomic E-state index is 0.00297. The fourth-order valence-electron chi connectivity index (χ4n) is 3.96. The lowest BCUT2D eigenvalue weighted by molar-refractivity contribution is -0.129. The molecule has 8 nitrogen and oxygen atoms in total. The molecule has 0 spiro atoms. The molecule has 0 fully saturated rings. The normalized spacial score (nSPS) is 17.1. The Morgan fingerprint density at radius 1 is 0.971 bits per heavy atom. The summed E-state index contributed by atoms with van der Waals surface area (Å²) in [5.41, 5.74) is -2.12. The zero-order chi connectivity index (χ0) is 24.7. The second kappa shape index (κ2) is 8.83. The second-order valence-corrected chi connectivity index (χ2v) is 9.76. The van der Waals surface area contributed by atoms with Crippen molar-refractivity contribution in [3.63, 3.8) is 0 Å². The highest BCUT2D eigenvalue weighted by atomic mass is 35.5. The first-order chi connectivity index (χ1) is 16.2. The van der Waals surface area contributed by atoms with Crippen LogP contribution in [0.2, 0.25) is 5.02 Å². The molecule has 1 atom stereocenters. The number of aliphatic hydroxyl groups is 1. The van der Waals surface area contributed by atoms with Crippen LogP contribution in [-0.4, -0.2) is 40.3 Å². The molecular formula is C24H22ClNO7S. The zero-order valence-electron chi connectivity index (χ0n) is 18.6. The fraction of sp³-hybridized carbons (Fsp3) is 0.208. The van der Waals surface area contributed by atoms with E-state index < -0.39 is 21.3 Å². The lowest BCUT2D eigenvalue weighted by Gasteiger charge is -2.24. The monoisotopic (exact) mass is 503 g/mol. The highest BCUT2D eigenvalue weighted by Gasteiger charge is 2.50. The average Bonchev–Trinajstić information content (AvgIpc) is 3.09. The molecule has 1 amide bonds. The molecule has 0 bridgehead atoms. The van der Waals surface area contributed by atoms with Gasteiger partial charge < -0.3 is 24.6 Å². The van der Waals surface area contributed by atoms with Gasteiger partial charge in [0.1, 0.15) is 22.1 Å². The third-order valence-electron chi connectivity index (χ3n) is 5.55. The number of hydrogen-bond acceptors (Lipinski definition) is 7. The Labute approximate surface area is 202 Å². The number of methoxy groups -OCH3 is 2. The fourth-order valence-corrected chi connectivity index (χ4v) is 5.85. The van der Waals surface area contributed by atoms with Crippen molar-refractivity contribution < 1.29 is 32.5 Å². The maximum atomic E-state index is 13.7. The van der Waals surface area contributed by atoms with E-state index in [4.69, 9.17) is 25.8 Å². The number of amides is 1. The van der Waals surface area contributed by atoms with E-state index >= 15 is 0 Å². The summed E-state index contributed by atoms with van der Waals surface area (Å²) in [4.78, 5) is 12.7. The van der Waals surface area contributed by atoms with E-state index in [-0.39, 0.29) is 43.1 Å². The first-order valence-electron chi connectivity index (χ1n) is 10.3. The van der Waals surface area contributed by atoms with Gasteiger partial charge in [-0.05, 0) is 37.3 Å². The van der Waals surface area contributed by atoms with Crippen molar-refractivity contribution >= 4 is 33.0 Å². The van der Waals surface area contributed by atoms with Crippen LogP contribution in [0.15, 0.2) is 64.4 Å². The van der Waals surface area contributed by atoms with Crippen LogP contribution in [0.5, 0.6) is 17.2 Å². The Morgan fingerprint density at radius 3 is 2.38 bits per heavy atom. The van der Waals surface area contributed by atoms with Gasteiger partial charge in [-0.3, -0.25) is 4.79 Å². The number of fused-ring (bicyclic) bond motifs is 1. The standard InChI is InChI=1S/C24H22ClNO7S/c1-4-33-18-8-6-5-7-16(18)24(28)17-11-14(25)12-21(22(17)26-23(24)27)34(29,30)20-10-9-15(31-2)13-19(20)32-3/h5-13,28H,4H2,1-3H3,(H,26,27). The third-order valence-corrected chi connectivity index (χ3v) is 7.59. The number of anilines is 1. The predicted molar refractivity (Wildman–Crippen MR) is 126 cm³/mol. The van der Waals surface area contributed by atoms with Crippen molar-refractivity contribution in [2.24, 2.45) is 0 Å². The van der Waals surface area contributed by atoms with Gasteiger partial charge in [0.05, 0.1) is 31.4 Å². The van der Waals surface area contributed by atoms with Gasteiger partial charge in [0.15, 0.2) is 5.60 Å². The number of carbonyl (C=O) groups is 1. The number of sulfone groups is 1. The van der Waals surface area contributed by atoms with Crippen molar-refractivity contribution in [1.82, 2.24) is 0 Å². The Morgan fingerprint density at radius 2 is 1.71 bits per heavy atom. The molecule has 3 aromatic rings. The summed E-state index contributed by atoms with van der Waals surface area (Å²) < 4.78 is 43.5. The summed E-state index contributed by atoms with van der Waals surface area (Å²) in [5, 5.41) is 14.2. The number of benzene rings is 3. The number of carbonyl (C=O) groups excluding carboxylic acids is 1. The molecule has 0 saturated carbocycles. The number of rotatable bonds is 7. The number of halogens is 1. The molecule has 0 aliphatic carbocycles. The molecule has 1 heterocycles. The minimum Gasteiger partial charge on any atom is -0.497 e. The number of ether oxygens (including phenoxy) is 3. The van der Waals surface area contributed by atoms with Crippen LogP contribution in [0.25, 0.3) is 0 Å². The van der Waals surface area contributed by atoms with Crippen LogP contribution in [0.1, 0.15) is 18.1 Å². The van der Waals surface area contributed by atoms with Crippen molar-refractivity contribution in [3.05, 3.63) is 70.7 Å².